The average Bonchev–Trinajstić information content (AvgIpc) is 2.59. The number of anilines is 1. The van der Waals surface area contributed by atoms with E-state index in [0.717, 1.165) is 11.1 Å². The first-order valence-corrected chi connectivity index (χ1v) is 8.23. The molecule has 2 rings (SSSR count). The zero-order valence-corrected chi connectivity index (χ0v) is 14.8. The fourth-order valence-electron chi connectivity index (χ4n) is 2.41. The van der Waals surface area contributed by atoms with E-state index >= 15 is 0 Å². The number of carbonyl (C=O) groups is 1. The van der Waals surface area contributed by atoms with Gasteiger partial charge in [-0.15, -0.1) is 0 Å². The maximum Gasteiger partial charge on any atom is 0.243 e. The van der Waals surface area contributed by atoms with Crippen LogP contribution in [0.4, 0.5) is 14.5 Å². The van der Waals surface area contributed by atoms with Crippen molar-refractivity contribution in [3.63, 3.8) is 0 Å². The van der Waals surface area contributed by atoms with Crippen molar-refractivity contribution in [1.82, 2.24) is 10.6 Å². The van der Waals surface area contributed by atoms with Crippen molar-refractivity contribution in [2.45, 2.75) is 13.3 Å². The molecule has 0 radical (unpaired) electrons. The molecule has 0 bridgehead atoms. The standard InChI is InChI=1S/C19H22F2N4O/c1-13-10-16(21)7-6-14(13)8-9-23-19(22-2)24-12-18(26)25-17-5-3-4-15(20)11-17/h3-7,10-11H,8-9,12H2,1-2H3,(H,25,26)(H2,22,23,24). The second-order valence-electron chi connectivity index (χ2n) is 5.73. The molecular formula is C19H22F2N4O. The lowest BCUT2D eigenvalue weighted by molar-refractivity contribution is -0.115. The normalized spacial score (nSPS) is 11.2. The van der Waals surface area contributed by atoms with Crippen molar-refractivity contribution >= 4 is 17.6 Å². The first kappa shape index (κ1) is 19.4. The Bertz CT molecular complexity index is 793. The lowest BCUT2D eigenvalue weighted by atomic mass is 10.1. The Morgan fingerprint density at radius 3 is 2.54 bits per heavy atom. The van der Waals surface area contributed by atoms with E-state index < -0.39 is 5.82 Å². The smallest absolute Gasteiger partial charge is 0.243 e. The molecule has 0 atom stereocenters. The number of carbonyl (C=O) groups excluding carboxylic acids is 1. The summed E-state index contributed by atoms with van der Waals surface area (Å²) in [5.74, 6) is -0.502. The van der Waals surface area contributed by atoms with E-state index in [1.54, 1.807) is 19.2 Å². The van der Waals surface area contributed by atoms with E-state index in [9.17, 15) is 13.6 Å². The van der Waals surface area contributed by atoms with E-state index in [0.29, 0.717) is 24.6 Å². The minimum atomic E-state index is -0.413. The minimum absolute atomic E-state index is 0.00817. The van der Waals surface area contributed by atoms with Gasteiger partial charge in [0, 0.05) is 19.3 Å². The fourth-order valence-corrected chi connectivity index (χ4v) is 2.41. The molecule has 2 aromatic carbocycles. The van der Waals surface area contributed by atoms with Crippen LogP contribution in [0.25, 0.3) is 0 Å². The minimum Gasteiger partial charge on any atom is -0.356 e. The Balaban J connectivity index is 1.76. The number of aryl methyl sites for hydroxylation is 1. The van der Waals surface area contributed by atoms with Crippen LogP contribution in [-0.2, 0) is 11.2 Å². The SMILES string of the molecule is CN=C(NCCc1ccc(F)cc1C)NCC(=O)Nc1cccc(F)c1. The molecule has 1 amide bonds. The molecule has 5 nitrogen and oxygen atoms in total. The van der Waals surface area contributed by atoms with Gasteiger partial charge in [0.05, 0.1) is 6.54 Å². The number of benzene rings is 2. The van der Waals surface area contributed by atoms with Crippen molar-refractivity contribution in [2.75, 3.05) is 25.5 Å². The molecule has 0 fully saturated rings. The second kappa shape index (κ2) is 9.50. The van der Waals surface area contributed by atoms with E-state index in [4.69, 9.17) is 0 Å². The Hall–Kier alpha value is -2.96. The number of nitrogens with zero attached hydrogens (tertiary/aromatic N) is 1. The molecule has 0 heterocycles. The van der Waals surface area contributed by atoms with Crippen molar-refractivity contribution in [1.29, 1.82) is 0 Å². The summed E-state index contributed by atoms with van der Waals surface area (Å²) < 4.78 is 26.2. The second-order valence-corrected chi connectivity index (χ2v) is 5.73. The molecule has 0 aromatic heterocycles. The third-order valence-corrected chi connectivity index (χ3v) is 3.74. The molecule has 0 spiro atoms. The summed E-state index contributed by atoms with van der Waals surface area (Å²) in [7, 11) is 1.60. The highest BCUT2D eigenvalue weighted by Crippen LogP contribution is 2.10. The van der Waals surface area contributed by atoms with E-state index in [2.05, 4.69) is 20.9 Å². The van der Waals surface area contributed by atoms with Gasteiger partial charge in [0.1, 0.15) is 11.6 Å². The quantitative estimate of drug-likeness (QED) is 0.548. The lowest BCUT2D eigenvalue weighted by Gasteiger charge is -2.13. The third-order valence-electron chi connectivity index (χ3n) is 3.74. The van der Waals surface area contributed by atoms with E-state index in [1.165, 1.54) is 30.3 Å². The van der Waals surface area contributed by atoms with Crippen molar-refractivity contribution in [2.24, 2.45) is 4.99 Å². The topological polar surface area (TPSA) is 65.5 Å². The third kappa shape index (κ3) is 6.16. The zero-order chi connectivity index (χ0) is 18.9. The average molecular weight is 360 g/mol. The number of amides is 1. The first-order chi connectivity index (χ1) is 12.5. The van der Waals surface area contributed by atoms with Crippen LogP contribution in [-0.4, -0.2) is 32.0 Å². The van der Waals surface area contributed by atoms with Crippen LogP contribution in [0.5, 0.6) is 0 Å². The summed E-state index contributed by atoms with van der Waals surface area (Å²) in [6, 6.07) is 10.4. The Labute approximate surface area is 151 Å². The van der Waals surface area contributed by atoms with Gasteiger partial charge in [-0.25, -0.2) is 8.78 Å². The van der Waals surface area contributed by atoms with Crippen LogP contribution in [0, 0.1) is 18.6 Å². The van der Waals surface area contributed by atoms with Crippen LogP contribution in [0.1, 0.15) is 11.1 Å². The first-order valence-electron chi connectivity index (χ1n) is 8.23. The Morgan fingerprint density at radius 1 is 1.08 bits per heavy atom. The predicted octanol–water partition coefficient (Wildman–Crippen LogP) is 2.62. The Kier molecular flexibility index (Phi) is 7.08. The highest BCUT2D eigenvalue weighted by atomic mass is 19.1. The molecule has 0 saturated carbocycles. The molecule has 0 aliphatic rings. The number of guanidine groups is 1. The van der Waals surface area contributed by atoms with Crippen molar-refractivity contribution in [3.05, 3.63) is 65.2 Å². The zero-order valence-electron chi connectivity index (χ0n) is 14.8. The van der Waals surface area contributed by atoms with Crippen LogP contribution >= 0.6 is 0 Å². The maximum absolute atomic E-state index is 13.1. The van der Waals surface area contributed by atoms with E-state index in [-0.39, 0.29) is 18.3 Å². The summed E-state index contributed by atoms with van der Waals surface area (Å²) in [5, 5.41) is 8.58. The molecule has 0 aliphatic carbocycles. The molecule has 7 heteroatoms. The molecule has 0 unspecified atom stereocenters. The molecule has 2 aromatic rings. The highest BCUT2D eigenvalue weighted by Gasteiger charge is 2.06. The molecule has 3 N–H and O–H groups in total. The number of hydrogen-bond donors (Lipinski definition) is 3. The van der Waals surface area contributed by atoms with Crippen molar-refractivity contribution in [3.8, 4) is 0 Å². The van der Waals surface area contributed by atoms with Crippen LogP contribution in [0.15, 0.2) is 47.5 Å². The highest BCUT2D eigenvalue weighted by molar-refractivity contribution is 5.94. The molecule has 0 saturated heterocycles. The van der Waals surface area contributed by atoms with Gasteiger partial charge in [-0.2, -0.15) is 0 Å². The van der Waals surface area contributed by atoms with Crippen molar-refractivity contribution < 1.29 is 13.6 Å². The molecule has 138 valence electrons. The summed E-state index contributed by atoms with van der Waals surface area (Å²) >= 11 is 0. The molecule has 0 aliphatic heterocycles. The monoisotopic (exact) mass is 360 g/mol. The maximum atomic E-state index is 13.1. The molecular weight excluding hydrogens is 338 g/mol. The van der Waals surface area contributed by atoms with Crippen LogP contribution in [0.3, 0.4) is 0 Å². The lowest BCUT2D eigenvalue weighted by Crippen LogP contribution is -2.42. The fraction of sp³-hybridized carbons (Fsp3) is 0.263. The largest absolute Gasteiger partial charge is 0.356 e. The van der Waals surface area contributed by atoms with Gasteiger partial charge in [0.15, 0.2) is 5.96 Å². The number of aliphatic imine (C=N–C) groups is 1. The summed E-state index contributed by atoms with van der Waals surface area (Å²) in [4.78, 5) is 15.9. The van der Waals surface area contributed by atoms with Gasteiger partial charge < -0.3 is 16.0 Å². The summed E-state index contributed by atoms with van der Waals surface area (Å²) in [5.41, 5.74) is 2.33. The number of nitrogens with one attached hydrogen (secondary N) is 3. The number of halogens is 2. The summed E-state index contributed by atoms with van der Waals surface area (Å²) in [6.07, 6.45) is 0.697. The van der Waals surface area contributed by atoms with Gasteiger partial charge in [-0.1, -0.05) is 12.1 Å². The predicted molar refractivity (Wildman–Crippen MR) is 99.2 cm³/mol. The van der Waals surface area contributed by atoms with E-state index in [1.807, 2.05) is 6.92 Å². The summed E-state index contributed by atoms with van der Waals surface area (Å²) in [6.45, 7) is 2.44. The van der Waals surface area contributed by atoms with Gasteiger partial charge in [-0.05, 0) is 54.8 Å². The number of rotatable bonds is 6. The number of hydrogen-bond acceptors (Lipinski definition) is 2. The van der Waals surface area contributed by atoms with Gasteiger partial charge in [0.25, 0.3) is 0 Å². The van der Waals surface area contributed by atoms with Gasteiger partial charge in [-0.3, -0.25) is 9.79 Å². The Morgan fingerprint density at radius 2 is 1.85 bits per heavy atom. The van der Waals surface area contributed by atoms with Gasteiger partial charge >= 0.3 is 0 Å². The van der Waals surface area contributed by atoms with Gasteiger partial charge in [0.2, 0.25) is 5.91 Å². The van der Waals surface area contributed by atoms with Crippen LogP contribution in [0.2, 0.25) is 0 Å². The van der Waals surface area contributed by atoms with Crippen LogP contribution < -0.4 is 16.0 Å². The molecule has 26 heavy (non-hydrogen) atoms.